The largest absolute Gasteiger partial charge is 0.478 e. The molecular weight excluding hydrogens is 372 g/mol. The highest BCUT2D eigenvalue weighted by atomic mass is 16.5. The van der Waals surface area contributed by atoms with Crippen molar-refractivity contribution >= 4 is 17.9 Å². The zero-order valence-corrected chi connectivity index (χ0v) is 18.6. The summed E-state index contributed by atoms with van der Waals surface area (Å²) in [5, 5.41) is 7.60. The Morgan fingerprint density at radius 1 is 0.690 bits per heavy atom. The molecule has 0 bridgehead atoms. The maximum Gasteiger partial charge on any atom is 0.327 e. The number of carbonyl (C=O) groups excluding carboxylic acids is 2. The van der Waals surface area contributed by atoms with Crippen LogP contribution in [0.3, 0.4) is 0 Å². The number of carboxylic acids is 1. The molecule has 170 valence electrons. The Kier molecular flexibility index (Phi) is 24.5. The van der Waals surface area contributed by atoms with Gasteiger partial charge in [0.25, 0.3) is 0 Å². The van der Waals surface area contributed by atoms with Crippen molar-refractivity contribution < 1.29 is 29.0 Å². The lowest BCUT2D eigenvalue weighted by atomic mass is 10.1. The smallest absolute Gasteiger partial charge is 0.327 e. The molecule has 0 fully saturated rings. The molecule has 0 saturated carbocycles. The van der Waals surface area contributed by atoms with Gasteiger partial charge in [0.15, 0.2) is 0 Å². The number of aliphatic carboxylic acids is 1. The molecule has 0 saturated heterocycles. The van der Waals surface area contributed by atoms with E-state index < -0.39 is 5.97 Å². The lowest BCUT2D eigenvalue weighted by Gasteiger charge is -2.06. The van der Waals surface area contributed by atoms with Gasteiger partial charge in [-0.3, -0.25) is 9.59 Å². The maximum atomic E-state index is 11.5. The molecule has 0 heterocycles. The molecule has 0 rings (SSSR count). The van der Waals surface area contributed by atoms with Gasteiger partial charge in [-0.2, -0.15) is 0 Å². The second-order valence-corrected chi connectivity index (χ2v) is 7.02. The van der Waals surface area contributed by atoms with Gasteiger partial charge < -0.3 is 14.6 Å². The first-order valence-corrected chi connectivity index (χ1v) is 11.1. The van der Waals surface area contributed by atoms with E-state index >= 15 is 0 Å². The molecular formula is C23H42O6. The summed E-state index contributed by atoms with van der Waals surface area (Å²) in [5.41, 5.74) is 0. The van der Waals surface area contributed by atoms with E-state index in [0.717, 1.165) is 31.8 Å². The van der Waals surface area contributed by atoms with Gasteiger partial charge in [0.2, 0.25) is 0 Å². The van der Waals surface area contributed by atoms with E-state index in [1.54, 1.807) is 0 Å². The Labute approximate surface area is 177 Å². The Morgan fingerprint density at radius 2 is 1.00 bits per heavy atom. The highest BCUT2D eigenvalue weighted by molar-refractivity contribution is 5.78. The van der Waals surface area contributed by atoms with Crippen molar-refractivity contribution in [2.24, 2.45) is 0 Å². The lowest BCUT2D eigenvalue weighted by molar-refractivity contribution is -0.150. The van der Waals surface area contributed by atoms with E-state index in [2.05, 4.69) is 20.4 Å². The van der Waals surface area contributed by atoms with Gasteiger partial charge in [-0.15, -0.1) is 0 Å². The van der Waals surface area contributed by atoms with Crippen molar-refractivity contribution in [1.29, 1.82) is 0 Å². The number of rotatable bonds is 18. The Bertz CT molecular complexity index is 390. The molecule has 0 aromatic heterocycles. The third-order valence-electron chi connectivity index (χ3n) is 4.23. The molecule has 0 radical (unpaired) electrons. The standard InChI is InChI=1S/C20H38O4.C3H4O2/c1-3-5-7-9-11-13-17-23-19(21)15-16-20(22)24-18-14-12-10-8-6-4-2;1-2-3(4)5/h3-18H2,1-2H3;2H,1H2,(H,4,5). The molecule has 29 heavy (non-hydrogen) atoms. The van der Waals surface area contributed by atoms with E-state index in [0.29, 0.717) is 13.2 Å². The molecule has 6 heteroatoms. The van der Waals surface area contributed by atoms with Crippen LogP contribution >= 0.6 is 0 Å². The van der Waals surface area contributed by atoms with Gasteiger partial charge in [-0.25, -0.2) is 4.79 Å². The number of hydrogen-bond acceptors (Lipinski definition) is 5. The number of unbranched alkanes of at least 4 members (excludes halogenated alkanes) is 10. The van der Waals surface area contributed by atoms with E-state index in [1.807, 2.05) is 0 Å². The van der Waals surface area contributed by atoms with Crippen molar-refractivity contribution in [3.63, 3.8) is 0 Å². The first-order valence-electron chi connectivity index (χ1n) is 11.1. The Morgan fingerprint density at radius 3 is 1.31 bits per heavy atom. The average Bonchev–Trinajstić information content (AvgIpc) is 2.71. The molecule has 6 nitrogen and oxygen atoms in total. The highest BCUT2D eigenvalue weighted by Crippen LogP contribution is 2.07. The minimum atomic E-state index is -0.981. The van der Waals surface area contributed by atoms with E-state index in [4.69, 9.17) is 14.6 Å². The van der Waals surface area contributed by atoms with Crippen LogP contribution in [0.4, 0.5) is 0 Å². The van der Waals surface area contributed by atoms with E-state index in [-0.39, 0.29) is 24.8 Å². The fraction of sp³-hybridized carbons (Fsp3) is 0.783. The fourth-order valence-electron chi connectivity index (χ4n) is 2.49. The molecule has 0 aromatic carbocycles. The third-order valence-corrected chi connectivity index (χ3v) is 4.23. The van der Waals surface area contributed by atoms with Gasteiger partial charge in [-0.1, -0.05) is 84.6 Å². The van der Waals surface area contributed by atoms with Crippen LogP contribution in [-0.4, -0.2) is 36.2 Å². The summed E-state index contributed by atoms with van der Waals surface area (Å²) >= 11 is 0. The predicted octanol–water partition coefficient (Wildman–Crippen LogP) is 5.83. The topological polar surface area (TPSA) is 89.9 Å². The summed E-state index contributed by atoms with van der Waals surface area (Å²) in [4.78, 5) is 32.3. The van der Waals surface area contributed by atoms with Gasteiger partial charge in [0, 0.05) is 6.08 Å². The van der Waals surface area contributed by atoms with Gasteiger partial charge in [-0.05, 0) is 12.8 Å². The van der Waals surface area contributed by atoms with E-state index in [1.165, 1.54) is 51.4 Å². The van der Waals surface area contributed by atoms with Crippen LogP contribution in [0.25, 0.3) is 0 Å². The van der Waals surface area contributed by atoms with Crippen molar-refractivity contribution in [3.05, 3.63) is 12.7 Å². The third kappa shape index (κ3) is 28.5. The molecule has 0 aliphatic carbocycles. The SMILES string of the molecule is C=CC(=O)O.CCCCCCCCOC(=O)CCC(=O)OCCCCCCCC. The van der Waals surface area contributed by atoms with Gasteiger partial charge in [0.05, 0.1) is 26.1 Å². The summed E-state index contributed by atoms with van der Waals surface area (Å²) in [5.74, 6) is -1.56. The van der Waals surface area contributed by atoms with Gasteiger partial charge >= 0.3 is 17.9 Å². The van der Waals surface area contributed by atoms with Crippen molar-refractivity contribution in [2.75, 3.05) is 13.2 Å². The highest BCUT2D eigenvalue weighted by Gasteiger charge is 2.08. The average molecular weight is 415 g/mol. The van der Waals surface area contributed by atoms with Crippen LogP contribution in [0.5, 0.6) is 0 Å². The van der Waals surface area contributed by atoms with Crippen LogP contribution in [0, 0.1) is 0 Å². The van der Waals surface area contributed by atoms with Crippen LogP contribution in [-0.2, 0) is 23.9 Å². The monoisotopic (exact) mass is 414 g/mol. The number of carbonyl (C=O) groups is 3. The summed E-state index contributed by atoms with van der Waals surface area (Å²) in [6, 6.07) is 0. The van der Waals surface area contributed by atoms with Crippen LogP contribution in [0.1, 0.15) is 104 Å². The summed E-state index contributed by atoms with van der Waals surface area (Å²) in [6.07, 6.45) is 15.1. The molecule has 0 atom stereocenters. The summed E-state index contributed by atoms with van der Waals surface area (Å²) in [7, 11) is 0. The minimum absolute atomic E-state index is 0.130. The Balaban J connectivity index is 0. The number of ether oxygens (including phenoxy) is 2. The number of hydrogen-bond donors (Lipinski definition) is 1. The van der Waals surface area contributed by atoms with Crippen LogP contribution < -0.4 is 0 Å². The van der Waals surface area contributed by atoms with Crippen LogP contribution in [0.2, 0.25) is 0 Å². The normalized spacial score (nSPS) is 9.86. The first-order chi connectivity index (χ1) is 14.0. The molecule has 0 aromatic rings. The Hall–Kier alpha value is -1.85. The number of carboxylic acid groups (broad SMARTS) is 1. The minimum Gasteiger partial charge on any atom is -0.478 e. The second kappa shape index (κ2) is 24.2. The molecule has 0 amide bonds. The second-order valence-electron chi connectivity index (χ2n) is 7.02. The fourth-order valence-corrected chi connectivity index (χ4v) is 2.49. The van der Waals surface area contributed by atoms with E-state index in [9.17, 15) is 14.4 Å². The van der Waals surface area contributed by atoms with Gasteiger partial charge in [0.1, 0.15) is 0 Å². The quantitative estimate of drug-likeness (QED) is 0.172. The molecule has 0 unspecified atom stereocenters. The maximum absolute atomic E-state index is 11.5. The zero-order valence-electron chi connectivity index (χ0n) is 18.6. The molecule has 1 N–H and O–H groups in total. The summed E-state index contributed by atoms with van der Waals surface area (Å²) in [6.45, 7) is 8.29. The molecule has 0 aliphatic heterocycles. The van der Waals surface area contributed by atoms with Crippen molar-refractivity contribution in [2.45, 2.75) is 104 Å². The number of esters is 2. The van der Waals surface area contributed by atoms with Crippen LogP contribution in [0.15, 0.2) is 12.7 Å². The van der Waals surface area contributed by atoms with Crippen molar-refractivity contribution in [1.82, 2.24) is 0 Å². The molecule has 0 aliphatic rings. The zero-order chi connectivity index (χ0) is 22.2. The predicted molar refractivity (Wildman–Crippen MR) is 116 cm³/mol. The summed E-state index contributed by atoms with van der Waals surface area (Å²) < 4.78 is 10.3. The molecule has 0 spiro atoms. The first kappa shape index (κ1) is 29.4. The van der Waals surface area contributed by atoms with Crippen molar-refractivity contribution in [3.8, 4) is 0 Å². The lowest BCUT2D eigenvalue weighted by Crippen LogP contribution is -2.11.